The van der Waals surface area contributed by atoms with Crippen LogP contribution in [-0.2, 0) is 0 Å². The standard InChI is InChI=1S/C17H16N2.C2H6/c1-13-18-16(14-8-4-2-5-9-14)12-17(19-13)15-10-6-3-7-11-15;1-2/h2-11,16H,12H2,1H3;1-2H3. The Bertz CT molecular complexity index is 613. The maximum Gasteiger partial charge on any atom is 0.121 e. The number of hydrogen-bond acceptors (Lipinski definition) is 2. The molecule has 0 bridgehead atoms. The fraction of sp³-hybridized carbons (Fsp3) is 0.263. The molecule has 3 rings (SSSR count). The van der Waals surface area contributed by atoms with Gasteiger partial charge in [0.05, 0.1) is 11.8 Å². The van der Waals surface area contributed by atoms with Gasteiger partial charge in [-0.2, -0.15) is 0 Å². The quantitative estimate of drug-likeness (QED) is 0.733. The van der Waals surface area contributed by atoms with Gasteiger partial charge in [0.2, 0.25) is 0 Å². The SMILES string of the molecule is CC.CC1=NC(c2ccccc2)CC(c2ccccc2)=N1. The van der Waals surface area contributed by atoms with Crippen molar-refractivity contribution in [3.8, 4) is 0 Å². The predicted octanol–water partition coefficient (Wildman–Crippen LogP) is 5.07. The van der Waals surface area contributed by atoms with E-state index in [1.165, 1.54) is 11.1 Å². The average Bonchev–Trinajstić information content (AvgIpc) is 2.58. The number of benzene rings is 2. The molecule has 1 aliphatic rings. The van der Waals surface area contributed by atoms with Crippen LogP contribution in [-0.4, -0.2) is 11.5 Å². The van der Waals surface area contributed by atoms with E-state index in [9.17, 15) is 0 Å². The maximum atomic E-state index is 4.66. The van der Waals surface area contributed by atoms with Gasteiger partial charge < -0.3 is 0 Å². The minimum absolute atomic E-state index is 0.189. The van der Waals surface area contributed by atoms with Gasteiger partial charge in [0.25, 0.3) is 0 Å². The second kappa shape index (κ2) is 7.53. The number of amidine groups is 1. The summed E-state index contributed by atoms with van der Waals surface area (Å²) in [6, 6.07) is 21.0. The normalized spacial score (nSPS) is 17.2. The topological polar surface area (TPSA) is 24.7 Å². The van der Waals surface area contributed by atoms with E-state index in [4.69, 9.17) is 0 Å². The van der Waals surface area contributed by atoms with Crippen molar-refractivity contribution in [1.82, 2.24) is 0 Å². The third-order valence-electron chi connectivity index (χ3n) is 3.32. The molecule has 2 aromatic rings. The Labute approximate surface area is 127 Å². The van der Waals surface area contributed by atoms with Crippen LogP contribution in [0.3, 0.4) is 0 Å². The molecule has 2 aromatic carbocycles. The molecule has 108 valence electrons. The van der Waals surface area contributed by atoms with Crippen LogP contribution in [0.1, 0.15) is 44.4 Å². The minimum Gasteiger partial charge on any atom is -0.262 e. The van der Waals surface area contributed by atoms with E-state index < -0.39 is 0 Å². The first kappa shape index (κ1) is 15.2. The highest BCUT2D eigenvalue weighted by Gasteiger charge is 2.18. The zero-order chi connectivity index (χ0) is 15.1. The van der Waals surface area contributed by atoms with Gasteiger partial charge in [0.1, 0.15) is 5.84 Å². The fourth-order valence-corrected chi connectivity index (χ4v) is 2.40. The number of rotatable bonds is 2. The van der Waals surface area contributed by atoms with E-state index in [0.717, 1.165) is 18.0 Å². The molecule has 0 N–H and O–H groups in total. The first-order chi connectivity index (χ1) is 10.3. The van der Waals surface area contributed by atoms with Gasteiger partial charge in [0, 0.05) is 6.42 Å². The van der Waals surface area contributed by atoms with Crippen molar-refractivity contribution in [2.45, 2.75) is 33.2 Å². The number of nitrogens with zero attached hydrogens (tertiary/aromatic N) is 2. The summed E-state index contributed by atoms with van der Waals surface area (Å²) in [5.41, 5.74) is 3.57. The smallest absolute Gasteiger partial charge is 0.121 e. The second-order valence-electron chi connectivity index (χ2n) is 4.73. The van der Waals surface area contributed by atoms with Crippen LogP contribution in [0.4, 0.5) is 0 Å². The Morgan fingerprint density at radius 3 is 2.05 bits per heavy atom. The zero-order valence-corrected chi connectivity index (χ0v) is 13.0. The Kier molecular flexibility index (Phi) is 5.44. The second-order valence-corrected chi connectivity index (χ2v) is 4.73. The van der Waals surface area contributed by atoms with E-state index in [1.807, 2.05) is 32.9 Å². The van der Waals surface area contributed by atoms with Crippen molar-refractivity contribution in [2.75, 3.05) is 0 Å². The van der Waals surface area contributed by atoms with Crippen LogP contribution in [0.15, 0.2) is 70.6 Å². The molecule has 2 nitrogen and oxygen atoms in total. The Balaban J connectivity index is 0.000000774. The summed E-state index contributed by atoms with van der Waals surface area (Å²) < 4.78 is 0. The van der Waals surface area contributed by atoms with Crippen molar-refractivity contribution >= 4 is 11.5 Å². The molecule has 0 saturated carbocycles. The van der Waals surface area contributed by atoms with E-state index in [2.05, 4.69) is 58.5 Å². The van der Waals surface area contributed by atoms with Crippen molar-refractivity contribution < 1.29 is 0 Å². The van der Waals surface area contributed by atoms with Gasteiger partial charge in [-0.1, -0.05) is 74.5 Å². The molecule has 1 atom stereocenters. The van der Waals surface area contributed by atoms with Gasteiger partial charge in [-0.15, -0.1) is 0 Å². The first-order valence-corrected chi connectivity index (χ1v) is 7.55. The van der Waals surface area contributed by atoms with E-state index in [-0.39, 0.29) is 6.04 Å². The molecule has 0 fully saturated rings. The van der Waals surface area contributed by atoms with Crippen LogP contribution in [0, 0.1) is 0 Å². The van der Waals surface area contributed by atoms with Gasteiger partial charge in [-0.05, 0) is 18.1 Å². The minimum atomic E-state index is 0.189. The summed E-state index contributed by atoms with van der Waals surface area (Å²) in [5, 5.41) is 0. The van der Waals surface area contributed by atoms with Crippen LogP contribution in [0.25, 0.3) is 0 Å². The molecular formula is C19H22N2. The van der Waals surface area contributed by atoms with Crippen molar-refractivity contribution in [3.05, 3.63) is 71.8 Å². The molecular weight excluding hydrogens is 256 g/mol. The monoisotopic (exact) mass is 278 g/mol. The van der Waals surface area contributed by atoms with E-state index in [1.54, 1.807) is 0 Å². The largest absolute Gasteiger partial charge is 0.262 e. The summed E-state index contributed by atoms with van der Waals surface area (Å²) in [6.45, 7) is 5.97. The molecule has 0 aromatic heterocycles. The number of hydrogen-bond donors (Lipinski definition) is 0. The van der Waals surface area contributed by atoms with Crippen LogP contribution < -0.4 is 0 Å². The molecule has 0 radical (unpaired) electrons. The molecule has 0 aliphatic carbocycles. The average molecular weight is 278 g/mol. The molecule has 0 saturated heterocycles. The molecule has 1 unspecified atom stereocenters. The van der Waals surface area contributed by atoms with Gasteiger partial charge in [0.15, 0.2) is 0 Å². The summed E-state index contributed by atoms with van der Waals surface area (Å²) in [7, 11) is 0. The molecule has 1 aliphatic heterocycles. The Morgan fingerprint density at radius 2 is 1.43 bits per heavy atom. The van der Waals surface area contributed by atoms with Crippen LogP contribution in [0.5, 0.6) is 0 Å². The lowest BCUT2D eigenvalue weighted by Gasteiger charge is -2.19. The van der Waals surface area contributed by atoms with Crippen molar-refractivity contribution in [1.29, 1.82) is 0 Å². The highest BCUT2D eigenvalue weighted by Crippen LogP contribution is 2.27. The Hall–Kier alpha value is -2.22. The van der Waals surface area contributed by atoms with Gasteiger partial charge in [-0.3, -0.25) is 4.99 Å². The summed E-state index contributed by atoms with van der Waals surface area (Å²) in [6.07, 6.45) is 0.866. The van der Waals surface area contributed by atoms with E-state index >= 15 is 0 Å². The Morgan fingerprint density at radius 1 is 0.857 bits per heavy atom. The third-order valence-corrected chi connectivity index (χ3v) is 3.32. The highest BCUT2D eigenvalue weighted by molar-refractivity contribution is 6.08. The highest BCUT2D eigenvalue weighted by atomic mass is 15.0. The first-order valence-electron chi connectivity index (χ1n) is 7.55. The number of aliphatic imine (C=N–C) groups is 2. The van der Waals surface area contributed by atoms with Crippen molar-refractivity contribution in [3.63, 3.8) is 0 Å². The van der Waals surface area contributed by atoms with Crippen LogP contribution in [0.2, 0.25) is 0 Å². The van der Waals surface area contributed by atoms with E-state index in [0.29, 0.717) is 0 Å². The molecule has 2 heteroatoms. The zero-order valence-electron chi connectivity index (χ0n) is 13.0. The van der Waals surface area contributed by atoms with Crippen molar-refractivity contribution in [2.24, 2.45) is 9.98 Å². The maximum absolute atomic E-state index is 4.66. The van der Waals surface area contributed by atoms with Gasteiger partial charge >= 0.3 is 0 Å². The summed E-state index contributed by atoms with van der Waals surface area (Å²) in [4.78, 5) is 9.25. The predicted molar refractivity (Wildman–Crippen MR) is 91.2 cm³/mol. The molecule has 1 heterocycles. The lowest BCUT2D eigenvalue weighted by Crippen LogP contribution is -2.14. The lowest BCUT2D eigenvalue weighted by molar-refractivity contribution is 0.752. The van der Waals surface area contributed by atoms with Gasteiger partial charge in [-0.25, -0.2) is 4.99 Å². The lowest BCUT2D eigenvalue weighted by atomic mass is 9.96. The molecule has 21 heavy (non-hydrogen) atoms. The summed E-state index contributed by atoms with van der Waals surface area (Å²) in [5.74, 6) is 0.860. The fourth-order valence-electron chi connectivity index (χ4n) is 2.40. The van der Waals surface area contributed by atoms with Crippen LogP contribution >= 0.6 is 0 Å². The molecule has 0 spiro atoms. The third kappa shape index (κ3) is 3.88. The molecule has 0 amide bonds. The summed E-state index contributed by atoms with van der Waals surface area (Å²) >= 11 is 0.